The lowest BCUT2D eigenvalue weighted by Crippen LogP contribution is -2.33. The monoisotopic (exact) mass is 233 g/mol. The van der Waals surface area contributed by atoms with Gasteiger partial charge >= 0.3 is 0 Å². The Kier molecular flexibility index (Phi) is 3.31. The minimum atomic E-state index is 0.0948. The molecule has 1 aliphatic rings. The van der Waals surface area contributed by atoms with E-state index < -0.39 is 0 Å². The van der Waals surface area contributed by atoms with Crippen molar-refractivity contribution < 1.29 is 4.79 Å². The van der Waals surface area contributed by atoms with Gasteiger partial charge in [0.1, 0.15) is 0 Å². The summed E-state index contributed by atoms with van der Waals surface area (Å²) < 4.78 is 0. The second kappa shape index (κ2) is 4.71. The molecule has 84 valence electrons. The molecule has 0 radical (unpaired) electrons. The van der Waals surface area contributed by atoms with Gasteiger partial charge in [-0.15, -0.1) is 17.8 Å². The lowest BCUT2D eigenvalue weighted by Gasteiger charge is -2.19. The van der Waals surface area contributed by atoms with Crippen LogP contribution < -0.4 is 0 Å². The van der Waals surface area contributed by atoms with E-state index >= 15 is 0 Å². The largest absolute Gasteiger partial charge is 0.327 e. The highest BCUT2D eigenvalue weighted by Gasteiger charge is 2.27. The zero-order valence-corrected chi connectivity index (χ0v) is 10.2. The zero-order valence-electron chi connectivity index (χ0n) is 9.40. The van der Waals surface area contributed by atoms with Gasteiger partial charge in [0.05, 0.1) is 11.4 Å². The standard InChI is InChI=1S/C13H15NOS/c1-3-7-14(9-11-4-5-11)13(15)12-10(2)6-8-16-12/h1,6,8,11H,4-5,7,9H2,2H3. The molecule has 0 bridgehead atoms. The van der Waals surface area contributed by atoms with Crippen molar-refractivity contribution in [2.24, 2.45) is 5.92 Å². The summed E-state index contributed by atoms with van der Waals surface area (Å²) in [6.07, 6.45) is 7.78. The fourth-order valence-electron chi connectivity index (χ4n) is 1.68. The van der Waals surface area contributed by atoms with E-state index in [2.05, 4.69) is 5.92 Å². The fraction of sp³-hybridized carbons (Fsp3) is 0.462. The van der Waals surface area contributed by atoms with Crippen LogP contribution in [0.15, 0.2) is 11.4 Å². The number of carbonyl (C=O) groups is 1. The molecule has 0 saturated heterocycles. The van der Waals surface area contributed by atoms with Gasteiger partial charge < -0.3 is 4.90 Å². The molecule has 0 unspecified atom stereocenters. The van der Waals surface area contributed by atoms with E-state index in [1.165, 1.54) is 24.2 Å². The minimum absolute atomic E-state index is 0.0948. The van der Waals surface area contributed by atoms with Crippen LogP contribution in [0.1, 0.15) is 28.1 Å². The summed E-state index contributed by atoms with van der Waals surface area (Å²) in [5, 5.41) is 1.95. The highest BCUT2D eigenvalue weighted by molar-refractivity contribution is 7.12. The molecule has 0 aliphatic heterocycles. The summed E-state index contributed by atoms with van der Waals surface area (Å²) >= 11 is 1.50. The van der Waals surface area contributed by atoms with Gasteiger partial charge in [0.25, 0.3) is 5.91 Å². The summed E-state index contributed by atoms with van der Waals surface area (Å²) in [6.45, 7) is 3.21. The molecule has 16 heavy (non-hydrogen) atoms. The summed E-state index contributed by atoms with van der Waals surface area (Å²) in [6, 6.07) is 1.98. The number of hydrogen-bond acceptors (Lipinski definition) is 2. The quantitative estimate of drug-likeness (QED) is 0.732. The predicted molar refractivity (Wildman–Crippen MR) is 66.5 cm³/mol. The van der Waals surface area contributed by atoms with Gasteiger partial charge in [-0.05, 0) is 42.7 Å². The molecule has 1 aliphatic carbocycles. The van der Waals surface area contributed by atoms with Gasteiger partial charge in [0, 0.05) is 6.54 Å². The second-order valence-corrected chi connectivity index (χ2v) is 5.18. The van der Waals surface area contributed by atoms with Gasteiger partial charge in [-0.25, -0.2) is 0 Å². The molecule has 3 heteroatoms. The third-order valence-electron chi connectivity index (χ3n) is 2.80. The molecule has 0 atom stereocenters. The van der Waals surface area contributed by atoms with E-state index in [-0.39, 0.29) is 5.91 Å². The first-order chi connectivity index (χ1) is 7.72. The Morgan fingerprint density at radius 2 is 2.44 bits per heavy atom. The van der Waals surface area contributed by atoms with E-state index in [0.29, 0.717) is 12.5 Å². The smallest absolute Gasteiger partial charge is 0.264 e. The van der Waals surface area contributed by atoms with Gasteiger partial charge in [-0.2, -0.15) is 0 Å². The summed E-state index contributed by atoms with van der Waals surface area (Å²) in [4.78, 5) is 14.9. The molecule has 0 spiro atoms. The van der Waals surface area contributed by atoms with Crippen molar-refractivity contribution in [3.8, 4) is 12.3 Å². The maximum absolute atomic E-state index is 12.2. The van der Waals surface area contributed by atoms with Crippen LogP contribution in [-0.4, -0.2) is 23.9 Å². The first kappa shape index (κ1) is 11.2. The van der Waals surface area contributed by atoms with Crippen molar-refractivity contribution in [1.82, 2.24) is 4.90 Å². The second-order valence-electron chi connectivity index (χ2n) is 4.27. The molecular weight excluding hydrogens is 218 g/mol. The Bertz CT molecular complexity index is 425. The third kappa shape index (κ3) is 2.45. The summed E-state index contributed by atoms with van der Waals surface area (Å²) in [5.41, 5.74) is 1.05. The summed E-state index contributed by atoms with van der Waals surface area (Å²) in [5.74, 6) is 3.35. The van der Waals surface area contributed by atoms with E-state index in [9.17, 15) is 4.79 Å². The van der Waals surface area contributed by atoms with Crippen LogP contribution in [0.5, 0.6) is 0 Å². The number of terminal acetylenes is 1. The van der Waals surface area contributed by atoms with Crippen LogP contribution in [0, 0.1) is 25.2 Å². The van der Waals surface area contributed by atoms with Crippen LogP contribution in [0.4, 0.5) is 0 Å². The third-order valence-corrected chi connectivity index (χ3v) is 3.81. The average molecular weight is 233 g/mol. The highest BCUT2D eigenvalue weighted by atomic mass is 32.1. The molecule has 1 saturated carbocycles. The number of aryl methyl sites for hydroxylation is 1. The van der Waals surface area contributed by atoms with Crippen molar-refractivity contribution >= 4 is 17.2 Å². The number of thiophene rings is 1. The van der Waals surface area contributed by atoms with Crippen molar-refractivity contribution in [3.63, 3.8) is 0 Å². The Labute approximate surface area is 100 Å². The van der Waals surface area contributed by atoms with Crippen LogP contribution in [0.3, 0.4) is 0 Å². The Morgan fingerprint density at radius 1 is 1.69 bits per heavy atom. The zero-order chi connectivity index (χ0) is 11.5. The van der Waals surface area contributed by atoms with E-state index in [0.717, 1.165) is 17.0 Å². The molecule has 1 aromatic heterocycles. The SMILES string of the molecule is C#CCN(CC1CC1)C(=O)c1sccc1C. The fourth-order valence-corrected chi connectivity index (χ4v) is 2.57. The number of amides is 1. The molecule has 1 fully saturated rings. The van der Waals surface area contributed by atoms with Gasteiger partial charge in [0.15, 0.2) is 0 Å². The molecule has 1 amide bonds. The van der Waals surface area contributed by atoms with E-state index in [1.54, 1.807) is 4.90 Å². The molecule has 2 nitrogen and oxygen atoms in total. The first-order valence-electron chi connectivity index (χ1n) is 5.49. The molecule has 2 rings (SSSR count). The number of carbonyl (C=O) groups excluding carboxylic acids is 1. The van der Waals surface area contributed by atoms with Crippen LogP contribution in [0.25, 0.3) is 0 Å². The van der Waals surface area contributed by atoms with Crippen molar-refractivity contribution in [1.29, 1.82) is 0 Å². The maximum atomic E-state index is 12.2. The van der Waals surface area contributed by atoms with Crippen molar-refractivity contribution in [2.45, 2.75) is 19.8 Å². The average Bonchev–Trinajstić information content (AvgIpc) is 2.98. The predicted octanol–water partition coefficient (Wildman–Crippen LogP) is 2.54. The van der Waals surface area contributed by atoms with Gasteiger partial charge in [0.2, 0.25) is 0 Å². The molecule has 1 aromatic rings. The Morgan fingerprint density at radius 3 is 2.94 bits per heavy atom. The summed E-state index contributed by atoms with van der Waals surface area (Å²) in [7, 11) is 0. The van der Waals surface area contributed by atoms with Crippen LogP contribution >= 0.6 is 11.3 Å². The Balaban J connectivity index is 2.10. The van der Waals surface area contributed by atoms with Crippen LogP contribution in [-0.2, 0) is 0 Å². The van der Waals surface area contributed by atoms with Gasteiger partial charge in [-0.3, -0.25) is 4.79 Å². The molecule has 1 heterocycles. The number of hydrogen-bond donors (Lipinski definition) is 0. The molecule has 0 N–H and O–H groups in total. The number of rotatable bonds is 4. The van der Waals surface area contributed by atoms with Crippen LogP contribution in [0.2, 0.25) is 0 Å². The van der Waals surface area contributed by atoms with Crippen molar-refractivity contribution in [3.05, 3.63) is 21.9 Å². The molecular formula is C13H15NOS. The number of nitrogens with zero attached hydrogens (tertiary/aromatic N) is 1. The highest BCUT2D eigenvalue weighted by Crippen LogP contribution is 2.30. The van der Waals surface area contributed by atoms with Gasteiger partial charge in [-0.1, -0.05) is 5.92 Å². The lowest BCUT2D eigenvalue weighted by atomic mass is 10.2. The first-order valence-corrected chi connectivity index (χ1v) is 6.37. The maximum Gasteiger partial charge on any atom is 0.264 e. The normalized spacial score (nSPS) is 14.5. The van der Waals surface area contributed by atoms with Crippen molar-refractivity contribution in [2.75, 3.05) is 13.1 Å². The lowest BCUT2D eigenvalue weighted by molar-refractivity contribution is 0.0774. The minimum Gasteiger partial charge on any atom is -0.327 e. The van der Waals surface area contributed by atoms with E-state index in [1.807, 2.05) is 18.4 Å². The van der Waals surface area contributed by atoms with E-state index in [4.69, 9.17) is 6.42 Å². The Hall–Kier alpha value is -1.27. The molecule has 0 aromatic carbocycles. The topological polar surface area (TPSA) is 20.3 Å².